The molecule has 1 fully saturated rings. The van der Waals surface area contributed by atoms with Gasteiger partial charge in [0.1, 0.15) is 23.0 Å². The van der Waals surface area contributed by atoms with Crippen LogP contribution in [0.2, 0.25) is 0 Å². The standard InChI is InChI=1S/C23H25N5O3/c1-13-11-19(26-15(3)25-13)22(30)24-12-20-14(2)31-23(28-20)17-9-4-5-10-18(17)27-21(29)16-7-6-8-16/h4-5,9-11,16H,6-8,12H2,1-3H3,(H,24,30)(H,27,29). The van der Waals surface area contributed by atoms with Gasteiger partial charge in [0.2, 0.25) is 11.8 Å². The van der Waals surface area contributed by atoms with Gasteiger partial charge in [0.15, 0.2) is 0 Å². The molecule has 0 aliphatic heterocycles. The van der Waals surface area contributed by atoms with Crippen LogP contribution in [0.25, 0.3) is 11.5 Å². The fourth-order valence-corrected chi connectivity index (χ4v) is 3.48. The molecule has 3 aromatic rings. The maximum absolute atomic E-state index is 12.5. The van der Waals surface area contributed by atoms with Crippen LogP contribution in [0, 0.1) is 26.7 Å². The van der Waals surface area contributed by atoms with E-state index in [2.05, 4.69) is 25.6 Å². The summed E-state index contributed by atoms with van der Waals surface area (Å²) in [4.78, 5) is 37.8. The van der Waals surface area contributed by atoms with E-state index in [1.165, 1.54) is 0 Å². The number of aryl methyl sites for hydroxylation is 3. The van der Waals surface area contributed by atoms with Crippen molar-refractivity contribution in [3.63, 3.8) is 0 Å². The summed E-state index contributed by atoms with van der Waals surface area (Å²) in [5.74, 6) is 1.37. The SMILES string of the molecule is Cc1cc(C(=O)NCc2nc(-c3ccccc3NC(=O)C3CCC3)oc2C)nc(C)n1. The molecule has 2 amide bonds. The first kappa shape index (κ1) is 20.7. The molecule has 2 heterocycles. The molecule has 31 heavy (non-hydrogen) atoms. The average molecular weight is 419 g/mol. The number of para-hydroxylation sites is 1. The molecule has 0 radical (unpaired) electrons. The number of anilines is 1. The number of nitrogens with zero attached hydrogens (tertiary/aromatic N) is 3. The van der Waals surface area contributed by atoms with E-state index in [1.807, 2.05) is 31.2 Å². The number of amides is 2. The van der Waals surface area contributed by atoms with Crippen molar-refractivity contribution in [2.24, 2.45) is 5.92 Å². The number of nitrogens with one attached hydrogen (secondary N) is 2. The fourth-order valence-electron chi connectivity index (χ4n) is 3.48. The average Bonchev–Trinajstić information content (AvgIpc) is 3.04. The Morgan fingerprint density at radius 3 is 2.58 bits per heavy atom. The Bertz CT molecular complexity index is 1110. The molecular weight excluding hydrogens is 394 g/mol. The summed E-state index contributed by atoms with van der Waals surface area (Å²) in [6, 6.07) is 9.07. The Morgan fingerprint density at radius 1 is 1.10 bits per heavy atom. The molecule has 160 valence electrons. The number of hydrogen-bond donors (Lipinski definition) is 2. The number of carbonyl (C=O) groups excluding carboxylic acids is 2. The lowest BCUT2D eigenvalue weighted by Crippen LogP contribution is -2.28. The summed E-state index contributed by atoms with van der Waals surface area (Å²) in [7, 11) is 0. The van der Waals surface area contributed by atoms with Crippen LogP contribution in [-0.2, 0) is 11.3 Å². The summed E-state index contributed by atoms with van der Waals surface area (Å²) >= 11 is 0. The van der Waals surface area contributed by atoms with Gasteiger partial charge in [0.05, 0.1) is 17.8 Å². The second-order valence-corrected chi connectivity index (χ2v) is 7.81. The van der Waals surface area contributed by atoms with Gasteiger partial charge in [0, 0.05) is 11.6 Å². The maximum atomic E-state index is 12.5. The zero-order chi connectivity index (χ0) is 22.0. The lowest BCUT2D eigenvalue weighted by molar-refractivity contribution is -0.122. The summed E-state index contributed by atoms with van der Waals surface area (Å²) in [6.07, 6.45) is 2.96. The van der Waals surface area contributed by atoms with Gasteiger partial charge in [-0.3, -0.25) is 9.59 Å². The van der Waals surface area contributed by atoms with E-state index >= 15 is 0 Å². The van der Waals surface area contributed by atoms with E-state index in [-0.39, 0.29) is 24.3 Å². The van der Waals surface area contributed by atoms with E-state index < -0.39 is 0 Å². The van der Waals surface area contributed by atoms with Gasteiger partial charge >= 0.3 is 0 Å². The number of rotatable bonds is 6. The van der Waals surface area contributed by atoms with Gasteiger partial charge in [-0.25, -0.2) is 15.0 Å². The Hall–Kier alpha value is -3.55. The van der Waals surface area contributed by atoms with Gasteiger partial charge in [-0.05, 0) is 51.8 Å². The minimum absolute atomic E-state index is 0.0323. The topological polar surface area (TPSA) is 110 Å². The predicted octanol–water partition coefficient (Wildman–Crippen LogP) is 3.73. The molecule has 0 atom stereocenters. The first-order valence-electron chi connectivity index (χ1n) is 10.4. The number of carbonyl (C=O) groups is 2. The third-order valence-corrected chi connectivity index (χ3v) is 5.40. The molecule has 1 saturated carbocycles. The zero-order valence-electron chi connectivity index (χ0n) is 17.9. The van der Waals surface area contributed by atoms with Crippen LogP contribution < -0.4 is 10.6 Å². The van der Waals surface area contributed by atoms with Crippen LogP contribution >= 0.6 is 0 Å². The van der Waals surface area contributed by atoms with Crippen molar-refractivity contribution in [3.8, 4) is 11.5 Å². The zero-order valence-corrected chi connectivity index (χ0v) is 17.9. The van der Waals surface area contributed by atoms with Crippen LogP contribution in [-0.4, -0.2) is 26.8 Å². The van der Waals surface area contributed by atoms with Crippen LogP contribution in [0.4, 0.5) is 5.69 Å². The lowest BCUT2D eigenvalue weighted by atomic mass is 9.85. The monoisotopic (exact) mass is 419 g/mol. The number of aromatic nitrogens is 3. The van der Waals surface area contributed by atoms with Crippen molar-refractivity contribution in [2.45, 2.75) is 46.6 Å². The van der Waals surface area contributed by atoms with Gasteiger partial charge < -0.3 is 15.1 Å². The Balaban J connectivity index is 1.49. The molecule has 1 aliphatic rings. The van der Waals surface area contributed by atoms with Gasteiger partial charge in [-0.2, -0.15) is 0 Å². The highest BCUT2D eigenvalue weighted by molar-refractivity contribution is 5.96. The molecule has 8 heteroatoms. The van der Waals surface area contributed by atoms with Crippen molar-refractivity contribution >= 4 is 17.5 Å². The van der Waals surface area contributed by atoms with Crippen LogP contribution in [0.5, 0.6) is 0 Å². The van der Waals surface area contributed by atoms with Gasteiger partial charge in [-0.15, -0.1) is 0 Å². The molecule has 0 bridgehead atoms. The number of benzene rings is 1. The predicted molar refractivity (Wildman–Crippen MR) is 115 cm³/mol. The summed E-state index contributed by atoms with van der Waals surface area (Å²) in [5, 5.41) is 5.83. The quantitative estimate of drug-likeness (QED) is 0.630. The maximum Gasteiger partial charge on any atom is 0.270 e. The van der Waals surface area contributed by atoms with Crippen LogP contribution in [0.15, 0.2) is 34.7 Å². The first-order chi connectivity index (χ1) is 14.9. The molecule has 0 saturated heterocycles. The molecule has 1 aromatic carbocycles. The lowest BCUT2D eigenvalue weighted by Gasteiger charge is -2.24. The first-order valence-corrected chi connectivity index (χ1v) is 10.4. The third-order valence-electron chi connectivity index (χ3n) is 5.40. The van der Waals surface area contributed by atoms with E-state index in [1.54, 1.807) is 19.9 Å². The van der Waals surface area contributed by atoms with E-state index in [9.17, 15) is 9.59 Å². The molecule has 0 spiro atoms. The van der Waals surface area contributed by atoms with Crippen molar-refractivity contribution in [1.29, 1.82) is 0 Å². The molecule has 2 N–H and O–H groups in total. The van der Waals surface area contributed by atoms with Crippen molar-refractivity contribution < 1.29 is 14.0 Å². The Kier molecular flexibility index (Phi) is 5.79. The Morgan fingerprint density at radius 2 is 1.87 bits per heavy atom. The highest BCUT2D eigenvalue weighted by atomic mass is 16.4. The molecule has 2 aromatic heterocycles. The largest absolute Gasteiger partial charge is 0.441 e. The molecule has 4 rings (SSSR count). The number of hydrogen-bond acceptors (Lipinski definition) is 6. The van der Waals surface area contributed by atoms with Crippen LogP contribution in [0.3, 0.4) is 0 Å². The van der Waals surface area contributed by atoms with E-state index in [4.69, 9.17) is 4.42 Å². The van der Waals surface area contributed by atoms with Gasteiger partial charge in [0.25, 0.3) is 5.91 Å². The van der Waals surface area contributed by atoms with Gasteiger partial charge in [-0.1, -0.05) is 18.6 Å². The summed E-state index contributed by atoms with van der Waals surface area (Å²) < 4.78 is 5.86. The van der Waals surface area contributed by atoms with E-state index in [0.29, 0.717) is 40.1 Å². The highest BCUT2D eigenvalue weighted by Gasteiger charge is 2.26. The minimum atomic E-state index is -0.300. The molecule has 1 aliphatic carbocycles. The van der Waals surface area contributed by atoms with E-state index in [0.717, 1.165) is 25.0 Å². The molecule has 8 nitrogen and oxygen atoms in total. The third kappa shape index (κ3) is 4.63. The van der Waals surface area contributed by atoms with Crippen molar-refractivity contribution in [1.82, 2.24) is 20.3 Å². The fraction of sp³-hybridized carbons (Fsp3) is 0.348. The van der Waals surface area contributed by atoms with Crippen molar-refractivity contribution in [2.75, 3.05) is 5.32 Å². The number of oxazole rings is 1. The normalized spacial score (nSPS) is 13.5. The highest BCUT2D eigenvalue weighted by Crippen LogP contribution is 2.32. The Labute approximate surface area is 180 Å². The smallest absolute Gasteiger partial charge is 0.270 e. The van der Waals surface area contributed by atoms with Crippen LogP contribution in [0.1, 0.15) is 52.7 Å². The minimum Gasteiger partial charge on any atom is -0.441 e. The second-order valence-electron chi connectivity index (χ2n) is 7.81. The summed E-state index contributed by atoms with van der Waals surface area (Å²) in [6.45, 7) is 5.57. The second kappa shape index (κ2) is 8.67. The summed E-state index contributed by atoms with van der Waals surface area (Å²) in [5.41, 5.74) is 3.04. The van der Waals surface area contributed by atoms with Crippen molar-refractivity contribution in [3.05, 3.63) is 59.0 Å². The molecular formula is C23H25N5O3. The molecule has 0 unspecified atom stereocenters.